The van der Waals surface area contributed by atoms with Crippen molar-refractivity contribution in [3.63, 3.8) is 0 Å². The molecule has 0 heterocycles. The van der Waals surface area contributed by atoms with Crippen LogP contribution >= 0.6 is 0 Å². The van der Waals surface area contributed by atoms with Crippen LogP contribution in [-0.2, 0) is 0 Å². The molecule has 1 nitrogen and oxygen atoms in total. The Morgan fingerprint density at radius 2 is 2.14 bits per heavy atom. The third-order valence-corrected chi connectivity index (χ3v) is 0.833. The zero-order valence-electron chi connectivity index (χ0n) is 5.23. The molecule has 0 aliphatic rings. The summed E-state index contributed by atoms with van der Waals surface area (Å²) in [7, 11) is 0. The smallest absolute Gasteiger partial charge is 0.198 e. The minimum atomic E-state index is 0. The maximum atomic E-state index is 8.08. The second-order valence-electron chi connectivity index (χ2n) is 1.44. The zero-order chi connectivity index (χ0) is 4.99. The summed E-state index contributed by atoms with van der Waals surface area (Å²) in [6, 6.07) is 2.11. The van der Waals surface area contributed by atoms with E-state index in [9.17, 15) is 0 Å². The van der Waals surface area contributed by atoms with Crippen LogP contribution in [0.3, 0.4) is 0 Å². The number of hydrogen-bond donors (Lipinski definition) is 0. The van der Waals surface area contributed by atoms with Crippen LogP contribution in [0.4, 0.5) is 0 Å². The third kappa shape index (κ3) is 6.49. The number of rotatable bonds is 1. The van der Waals surface area contributed by atoms with E-state index in [1.165, 1.54) is 0 Å². The van der Waals surface area contributed by atoms with Gasteiger partial charge < -0.3 is 0 Å². The Morgan fingerprint density at radius 1 is 1.71 bits per heavy atom. The maximum absolute atomic E-state index is 8.08. The molecule has 0 fully saturated rings. The fourth-order valence-electron chi connectivity index (χ4n) is 0.0913. The molecule has 0 saturated carbocycles. The predicted octanol–water partition coefficient (Wildman–Crippen LogP) is -1.44. The summed E-state index contributed by atoms with van der Waals surface area (Å²) in [6.45, 7) is 3.92. The summed E-state index contributed by atoms with van der Waals surface area (Å²) in [4.78, 5) is 0. The molecular weight excluding hydrogens is 97.1 g/mol. The minimum Gasteiger partial charge on any atom is -0.198 e. The number of nitriles is 1. The molecule has 0 aromatic heterocycles. The molecule has 0 aromatic rings. The van der Waals surface area contributed by atoms with Crippen LogP contribution in [0.15, 0.2) is 0 Å². The van der Waals surface area contributed by atoms with Crippen LogP contribution in [0, 0.1) is 17.2 Å². The molecule has 0 radical (unpaired) electrons. The van der Waals surface area contributed by atoms with Crippen molar-refractivity contribution in [2.45, 2.75) is 20.3 Å². The Hall–Kier alpha value is 0.490. The van der Waals surface area contributed by atoms with Crippen molar-refractivity contribution in [3.05, 3.63) is 0 Å². The molecule has 34 valence electrons. The first-order valence-corrected chi connectivity index (χ1v) is 2.20. The first-order chi connectivity index (χ1) is 2.81. The maximum Gasteiger partial charge on any atom is 1.00 e. The SMILES string of the molecule is CCC(C)C#N.[Na+]. The molecule has 0 aromatic carbocycles. The summed E-state index contributed by atoms with van der Waals surface area (Å²) in [5.74, 6) is 0.241. The van der Waals surface area contributed by atoms with Gasteiger partial charge in [-0.15, -0.1) is 0 Å². The average molecular weight is 106 g/mol. The van der Waals surface area contributed by atoms with Crippen LogP contribution in [0.5, 0.6) is 0 Å². The molecule has 0 N–H and O–H groups in total. The van der Waals surface area contributed by atoms with Gasteiger partial charge in [-0.25, -0.2) is 0 Å². The van der Waals surface area contributed by atoms with Gasteiger partial charge in [0, 0.05) is 5.92 Å². The van der Waals surface area contributed by atoms with E-state index in [0.717, 1.165) is 6.42 Å². The Kier molecular flexibility index (Phi) is 9.70. The van der Waals surface area contributed by atoms with E-state index in [-0.39, 0.29) is 35.5 Å². The van der Waals surface area contributed by atoms with E-state index in [0.29, 0.717) is 0 Å². The number of nitrogens with zero attached hydrogens (tertiary/aromatic N) is 1. The third-order valence-electron chi connectivity index (χ3n) is 0.833. The van der Waals surface area contributed by atoms with E-state index < -0.39 is 0 Å². The molecular formula is C5H9NNa+. The molecule has 0 bridgehead atoms. The van der Waals surface area contributed by atoms with Crippen molar-refractivity contribution in [2.75, 3.05) is 0 Å². The van der Waals surface area contributed by atoms with Crippen LogP contribution in [-0.4, -0.2) is 0 Å². The molecule has 1 unspecified atom stereocenters. The average Bonchev–Trinajstić information content (AvgIpc) is 1.65. The van der Waals surface area contributed by atoms with Gasteiger partial charge in [-0.05, 0) is 13.3 Å². The van der Waals surface area contributed by atoms with E-state index in [1.807, 2.05) is 13.8 Å². The number of hydrogen-bond acceptors (Lipinski definition) is 1. The van der Waals surface area contributed by atoms with Gasteiger partial charge in [0.05, 0.1) is 6.07 Å². The van der Waals surface area contributed by atoms with Gasteiger partial charge in [-0.2, -0.15) is 5.26 Å². The van der Waals surface area contributed by atoms with Crippen molar-refractivity contribution in [2.24, 2.45) is 5.92 Å². The molecule has 0 aliphatic carbocycles. The van der Waals surface area contributed by atoms with Crippen molar-refractivity contribution in [1.29, 1.82) is 5.26 Å². The first kappa shape index (κ1) is 10.5. The van der Waals surface area contributed by atoms with Crippen molar-refractivity contribution < 1.29 is 29.6 Å². The molecule has 0 spiro atoms. The van der Waals surface area contributed by atoms with Gasteiger partial charge in [-0.1, -0.05) is 6.92 Å². The molecule has 0 rings (SSSR count). The van der Waals surface area contributed by atoms with Gasteiger partial charge in [0.25, 0.3) is 0 Å². The molecule has 0 aliphatic heterocycles. The first-order valence-electron chi connectivity index (χ1n) is 2.20. The Labute approximate surface area is 67.0 Å². The van der Waals surface area contributed by atoms with Crippen LogP contribution in [0.2, 0.25) is 0 Å². The minimum absolute atomic E-state index is 0. The van der Waals surface area contributed by atoms with Crippen LogP contribution in [0.25, 0.3) is 0 Å². The van der Waals surface area contributed by atoms with Crippen molar-refractivity contribution >= 4 is 0 Å². The molecule has 2 heteroatoms. The normalized spacial score (nSPS) is 11.0. The largest absolute Gasteiger partial charge is 1.00 e. The van der Waals surface area contributed by atoms with Crippen LogP contribution in [0.1, 0.15) is 20.3 Å². The monoisotopic (exact) mass is 106 g/mol. The summed E-state index contributed by atoms with van der Waals surface area (Å²) >= 11 is 0. The standard InChI is InChI=1S/C5H9N.Na/c1-3-5(2)4-6;/h5H,3H2,1-2H3;/q;+1. The summed E-state index contributed by atoms with van der Waals surface area (Å²) in [6.07, 6.45) is 0.969. The molecule has 1 atom stereocenters. The fraction of sp³-hybridized carbons (Fsp3) is 0.800. The summed E-state index contributed by atoms with van der Waals surface area (Å²) < 4.78 is 0. The second-order valence-corrected chi connectivity index (χ2v) is 1.44. The second kappa shape index (κ2) is 6.49. The quantitative estimate of drug-likeness (QED) is 0.375. The molecule has 7 heavy (non-hydrogen) atoms. The van der Waals surface area contributed by atoms with E-state index in [1.54, 1.807) is 0 Å². The Morgan fingerprint density at radius 3 is 2.14 bits per heavy atom. The van der Waals surface area contributed by atoms with Gasteiger partial charge in [-0.3, -0.25) is 0 Å². The molecule has 0 amide bonds. The van der Waals surface area contributed by atoms with Gasteiger partial charge in [0.15, 0.2) is 0 Å². The van der Waals surface area contributed by atoms with Gasteiger partial charge in [0.2, 0.25) is 0 Å². The van der Waals surface area contributed by atoms with E-state index >= 15 is 0 Å². The topological polar surface area (TPSA) is 23.8 Å². The zero-order valence-corrected chi connectivity index (χ0v) is 7.23. The fourth-order valence-corrected chi connectivity index (χ4v) is 0.0913. The van der Waals surface area contributed by atoms with Crippen molar-refractivity contribution in [1.82, 2.24) is 0 Å². The summed E-state index contributed by atoms with van der Waals surface area (Å²) in [5.41, 5.74) is 0. The Bertz CT molecular complexity index is 65.0. The van der Waals surface area contributed by atoms with E-state index in [4.69, 9.17) is 5.26 Å². The molecule has 0 saturated heterocycles. The van der Waals surface area contributed by atoms with Gasteiger partial charge in [0.1, 0.15) is 0 Å². The van der Waals surface area contributed by atoms with Gasteiger partial charge >= 0.3 is 29.6 Å². The predicted molar refractivity (Wildman–Crippen MR) is 25.1 cm³/mol. The van der Waals surface area contributed by atoms with Crippen molar-refractivity contribution in [3.8, 4) is 6.07 Å². The Balaban J connectivity index is 0. The van der Waals surface area contributed by atoms with Crippen LogP contribution < -0.4 is 29.6 Å². The van der Waals surface area contributed by atoms with E-state index in [2.05, 4.69) is 6.07 Å². The summed E-state index contributed by atoms with van der Waals surface area (Å²) in [5, 5.41) is 8.08.